The second-order valence-corrected chi connectivity index (χ2v) is 5.14. The number of piperidine rings is 1. The first-order chi connectivity index (χ1) is 10.6. The molecule has 1 heterocycles. The summed E-state index contributed by atoms with van der Waals surface area (Å²) in [6.07, 6.45) is 0.208. The first kappa shape index (κ1) is 16.2. The second kappa shape index (κ2) is 7.17. The van der Waals surface area contributed by atoms with E-state index in [4.69, 9.17) is 4.74 Å². The van der Waals surface area contributed by atoms with Crippen LogP contribution in [0.5, 0.6) is 0 Å². The number of esters is 2. The third-order valence-corrected chi connectivity index (χ3v) is 3.83. The largest absolute Gasteiger partial charge is 0.468 e. The molecule has 2 unspecified atom stereocenters. The quantitative estimate of drug-likeness (QED) is 0.605. The van der Waals surface area contributed by atoms with Crippen molar-refractivity contribution >= 4 is 17.7 Å². The minimum Gasteiger partial charge on any atom is -0.468 e. The molecule has 0 aromatic heterocycles. The highest BCUT2D eigenvalue weighted by atomic mass is 16.5. The van der Waals surface area contributed by atoms with E-state index in [0.29, 0.717) is 13.1 Å². The van der Waals surface area contributed by atoms with Gasteiger partial charge in [0, 0.05) is 19.5 Å². The standard InChI is InChI=1S/C16H19NO5/c1-21-15(19)13-12(18)8-9-17(14(13)16(20)22-2)10-11-6-4-3-5-7-11/h3-7,13-14H,8-10H2,1-2H3. The van der Waals surface area contributed by atoms with E-state index in [0.717, 1.165) is 5.56 Å². The van der Waals surface area contributed by atoms with E-state index >= 15 is 0 Å². The fourth-order valence-electron chi connectivity index (χ4n) is 2.72. The third kappa shape index (κ3) is 3.33. The Morgan fingerprint density at radius 1 is 1.14 bits per heavy atom. The molecule has 0 amide bonds. The lowest BCUT2D eigenvalue weighted by Gasteiger charge is -2.37. The van der Waals surface area contributed by atoms with Crippen molar-refractivity contribution in [3.63, 3.8) is 0 Å². The van der Waals surface area contributed by atoms with Gasteiger partial charge in [0.1, 0.15) is 12.0 Å². The highest BCUT2D eigenvalue weighted by Gasteiger charge is 2.47. The van der Waals surface area contributed by atoms with Crippen LogP contribution in [0.15, 0.2) is 30.3 Å². The van der Waals surface area contributed by atoms with Crippen LogP contribution in [-0.4, -0.2) is 49.4 Å². The van der Waals surface area contributed by atoms with Crippen molar-refractivity contribution in [3.05, 3.63) is 35.9 Å². The molecule has 6 nitrogen and oxygen atoms in total. The Morgan fingerprint density at radius 2 is 1.77 bits per heavy atom. The smallest absolute Gasteiger partial charge is 0.324 e. The van der Waals surface area contributed by atoms with Gasteiger partial charge in [0.25, 0.3) is 0 Å². The lowest BCUT2D eigenvalue weighted by atomic mass is 9.87. The summed E-state index contributed by atoms with van der Waals surface area (Å²) in [5, 5.41) is 0. The summed E-state index contributed by atoms with van der Waals surface area (Å²) in [6, 6.07) is 8.61. The van der Waals surface area contributed by atoms with Gasteiger partial charge in [0.15, 0.2) is 5.78 Å². The number of ether oxygens (including phenoxy) is 2. The van der Waals surface area contributed by atoms with Gasteiger partial charge in [-0.15, -0.1) is 0 Å². The zero-order valence-electron chi connectivity index (χ0n) is 12.7. The molecule has 0 spiro atoms. The van der Waals surface area contributed by atoms with Crippen molar-refractivity contribution in [3.8, 4) is 0 Å². The second-order valence-electron chi connectivity index (χ2n) is 5.14. The van der Waals surface area contributed by atoms with E-state index in [-0.39, 0.29) is 12.2 Å². The van der Waals surface area contributed by atoms with Gasteiger partial charge in [0.05, 0.1) is 14.2 Å². The van der Waals surface area contributed by atoms with Crippen LogP contribution in [0.25, 0.3) is 0 Å². The third-order valence-electron chi connectivity index (χ3n) is 3.83. The molecule has 2 atom stereocenters. The average molecular weight is 305 g/mol. The van der Waals surface area contributed by atoms with E-state index < -0.39 is 23.9 Å². The Bertz CT molecular complexity index is 549. The summed E-state index contributed by atoms with van der Waals surface area (Å²) in [7, 11) is 2.45. The number of carbonyl (C=O) groups is 3. The zero-order chi connectivity index (χ0) is 16.1. The van der Waals surface area contributed by atoms with E-state index in [9.17, 15) is 14.4 Å². The van der Waals surface area contributed by atoms with Gasteiger partial charge in [-0.2, -0.15) is 0 Å². The van der Waals surface area contributed by atoms with Gasteiger partial charge in [-0.3, -0.25) is 19.3 Å². The number of methoxy groups -OCH3 is 2. The molecule has 0 radical (unpaired) electrons. The van der Waals surface area contributed by atoms with E-state index in [1.54, 1.807) is 4.90 Å². The summed E-state index contributed by atoms with van der Waals surface area (Å²) < 4.78 is 9.48. The summed E-state index contributed by atoms with van der Waals surface area (Å²) >= 11 is 0. The maximum Gasteiger partial charge on any atom is 0.324 e. The molecule has 118 valence electrons. The molecule has 0 N–H and O–H groups in total. The van der Waals surface area contributed by atoms with Gasteiger partial charge >= 0.3 is 11.9 Å². The number of ketones is 1. The lowest BCUT2D eigenvalue weighted by Crippen LogP contribution is -2.56. The van der Waals surface area contributed by atoms with Crippen LogP contribution in [0.3, 0.4) is 0 Å². The van der Waals surface area contributed by atoms with Gasteiger partial charge in [0.2, 0.25) is 0 Å². The highest BCUT2D eigenvalue weighted by Crippen LogP contribution is 2.25. The number of carbonyl (C=O) groups excluding carboxylic acids is 3. The predicted octanol–water partition coefficient (Wildman–Crippen LogP) is 0.792. The van der Waals surface area contributed by atoms with Gasteiger partial charge in [-0.25, -0.2) is 0 Å². The van der Waals surface area contributed by atoms with Gasteiger partial charge in [-0.05, 0) is 5.56 Å². The van der Waals surface area contributed by atoms with Crippen LogP contribution in [0.4, 0.5) is 0 Å². The molecule has 1 aliphatic rings. The molecular formula is C16H19NO5. The summed E-state index contributed by atoms with van der Waals surface area (Å²) in [5.41, 5.74) is 0.995. The number of nitrogens with zero attached hydrogens (tertiary/aromatic N) is 1. The van der Waals surface area contributed by atoms with Crippen molar-refractivity contribution in [2.24, 2.45) is 5.92 Å². The van der Waals surface area contributed by atoms with Crippen molar-refractivity contribution in [2.75, 3.05) is 20.8 Å². The number of benzene rings is 1. The predicted molar refractivity (Wildman–Crippen MR) is 77.8 cm³/mol. The summed E-state index contributed by atoms with van der Waals surface area (Å²) in [6.45, 7) is 0.863. The highest BCUT2D eigenvalue weighted by molar-refractivity contribution is 6.04. The maximum absolute atomic E-state index is 12.1. The number of likely N-dealkylation sites (tertiary alicyclic amines) is 1. The van der Waals surface area contributed by atoms with Crippen molar-refractivity contribution in [1.29, 1.82) is 0 Å². The minimum absolute atomic E-state index is 0.208. The summed E-state index contributed by atoms with van der Waals surface area (Å²) in [4.78, 5) is 37.9. The molecule has 1 aromatic carbocycles. The van der Waals surface area contributed by atoms with E-state index in [1.165, 1.54) is 14.2 Å². The molecule has 1 saturated heterocycles. The Labute approximate surface area is 129 Å². The number of rotatable bonds is 4. The number of hydrogen-bond acceptors (Lipinski definition) is 6. The fraction of sp³-hybridized carbons (Fsp3) is 0.438. The van der Waals surface area contributed by atoms with E-state index in [2.05, 4.69) is 4.74 Å². The topological polar surface area (TPSA) is 72.9 Å². The molecule has 6 heteroatoms. The Hall–Kier alpha value is -2.21. The SMILES string of the molecule is COC(=O)C1C(=O)CCN(Cc2ccccc2)C1C(=O)OC. The van der Waals surface area contributed by atoms with Crippen LogP contribution >= 0.6 is 0 Å². The molecule has 1 fully saturated rings. The molecular weight excluding hydrogens is 286 g/mol. The van der Waals surface area contributed by atoms with Crippen LogP contribution in [0, 0.1) is 5.92 Å². The Morgan fingerprint density at radius 3 is 2.36 bits per heavy atom. The molecule has 0 bridgehead atoms. The lowest BCUT2D eigenvalue weighted by molar-refractivity contribution is -0.166. The number of hydrogen-bond donors (Lipinski definition) is 0. The van der Waals surface area contributed by atoms with Crippen molar-refractivity contribution < 1.29 is 23.9 Å². The zero-order valence-corrected chi connectivity index (χ0v) is 12.7. The molecule has 1 aromatic rings. The van der Waals surface area contributed by atoms with Gasteiger partial charge < -0.3 is 9.47 Å². The average Bonchev–Trinajstić information content (AvgIpc) is 2.55. The van der Waals surface area contributed by atoms with Crippen molar-refractivity contribution in [1.82, 2.24) is 4.90 Å². The van der Waals surface area contributed by atoms with Gasteiger partial charge in [-0.1, -0.05) is 30.3 Å². The monoisotopic (exact) mass is 305 g/mol. The Balaban J connectivity index is 2.29. The molecule has 0 aliphatic carbocycles. The molecule has 2 rings (SSSR count). The van der Waals surface area contributed by atoms with Crippen LogP contribution in [-0.2, 0) is 30.4 Å². The first-order valence-corrected chi connectivity index (χ1v) is 7.04. The normalized spacial score (nSPS) is 22.2. The number of Topliss-reactive ketones (excluding diaryl/α,β-unsaturated/α-hetero) is 1. The molecule has 1 aliphatic heterocycles. The minimum atomic E-state index is -1.13. The summed E-state index contributed by atoms with van der Waals surface area (Å²) in [5.74, 6) is -2.71. The van der Waals surface area contributed by atoms with E-state index in [1.807, 2.05) is 30.3 Å². The Kier molecular flexibility index (Phi) is 5.27. The molecule has 22 heavy (non-hydrogen) atoms. The van der Waals surface area contributed by atoms with Crippen LogP contribution in [0.1, 0.15) is 12.0 Å². The van der Waals surface area contributed by atoms with Crippen LogP contribution in [0.2, 0.25) is 0 Å². The first-order valence-electron chi connectivity index (χ1n) is 7.04. The van der Waals surface area contributed by atoms with Crippen molar-refractivity contribution in [2.45, 2.75) is 19.0 Å². The maximum atomic E-state index is 12.1. The van der Waals surface area contributed by atoms with Crippen LogP contribution < -0.4 is 0 Å². The fourth-order valence-corrected chi connectivity index (χ4v) is 2.72. The molecule has 0 saturated carbocycles.